The third-order valence-electron chi connectivity index (χ3n) is 5.77. The zero-order valence-electron chi connectivity index (χ0n) is 16.1. The maximum atomic E-state index is 5.24. The van der Waals surface area contributed by atoms with E-state index in [1.807, 2.05) is 0 Å². The van der Waals surface area contributed by atoms with Crippen LogP contribution in [0.5, 0.6) is 0 Å². The molecule has 4 nitrogen and oxygen atoms in total. The van der Waals surface area contributed by atoms with E-state index in [0.29, 0.717) is 11.5 Å². The van der Waals surface area contributed by atoms with Gasteiger partial charge < -0.3 is 15.4 Å². The summed E-state index contributed by atoms with van der Waals surface area (Å²) >= 11 is 0. The molecule has 24 heavy (non-hydrogen) atoms. The molecule has 0 amide bonds. The van der Waals surface area contributed by atoms with E-state index in [9.17, 15) is 0 Å². The maximum absolute atomic E-state index is 5.24. The molecular formula is C19H38IN3O. The number of ether oxygens (including phenoxy) is 1. The number of halogens is 1. The van der Waals surface area contributed by atoms with Crippen LogP contribution < -0.4 is 10.6 Å². The van der Waals surface area contributed by atoms with E-state index >= 15 is 0 Å². The summed E-state index contributed by atoms with van der Waals surface area (Å²) in [5.74, 6) is 2.76. The van der Waals surface area contributed by atoms with Crippen LogP contribution in [-0.2, 0) is 4.74 Å². The molecule has 2 aliphatic rings. The fourth-order valence-electron chi connectivity index (χ4n) is 3.67. The van der Waals surface area contributed by atoms with E-state index in [2.05, 4.69) is 31.4 Å². The molecule has 0 aliphatic heterocycles. The molecule has 0 radical (unpaired) electrons. The summed E-state index contributed by atoms with van der Waals surface area (Å²) in [4.78, 5) is 4.89. The van der Waals surface area contributed by atoms with Gasteiger partial charge in [0.1, 0.15) is 0 Å². The minimum atomic E-state index is 0. The van der Waals surface area contributed by atoms with Crippen LogP contribution in [0, 0.1) is 17.3 Å². The fourth-order valence-corrected chi connectivity index (χ4v) is 3.67. The summed E-state index contributed by atoms with van der Waals surface area (Å²) in [6.45, 7) is 9.59. The molecule has 0 aromatic rings. The zero-order valence-corrected chi connectivity index (χ0v) is 18.4. The lowest BCUT2D eigenvalue weighted by molar-refractivity contribution is 0.174. The largest absolute Gasteiger partial charge is 0.385 e. The van der Waals surface area contributed by atoms with Crippen molar-refractivity contribution in [1.29, 1.82) is 0 Å². The average molecular weight is 451 g/mol. The van der Waals surface area contributed by atoms with Crippen LogP contribution in [0.1, 0.15) is 65.7 Å². The summed E-state index contributed by atoms with van der Waals surface area (Å²) in [5, 5.41) is 7.11. The molecule has 0 aromatic carbocycles. The highest BCUT2D eigenvalue weighted by molar-refractivity contribution is 14.0. The molecule has 0 unspecified atom stereocenters. The molecule has 5 heteroatoms. The number of hydrogen-bond donors (Lipinski definition) is 2. The predicted octanol–water partition coefficient (Wildman–Crippen LogP) is 4.19. The lowest BCUT2D eigenvalue weighted by Crippen LogP contribution is -2.45. The third kappa shape index (κ3) is 7.06. The van der Waals surface area contributed by atoms with Crippen LogP contribution in [0.25, 0.3) is 0 Å². The van der Waals surface area contributed by atoms with E-state index < -0.39 is 0 Å². The first-order valence-corrected chi connectivity index (χ1v) is 9.62. The van der Waals surface area contributed by atoms with Crippen LogP contribution in [0.15, 0.2) is 4.99 Å². The van der Waals surface area contributed by atoms with Gasteiger partial charge in [0.25, 0.3) is 0 Å². The molecule has 0 saturated heterocycles. The maximum Gasteiger partial charge on any atom is 0.191 e. The van der Waals surface area contributed by atoms with Gasteiger partial charge in [0, 0.05) is 32.8 Å². The summed E-state index contributed by atoms with van der Waals surface area (Å²) in [5.41, 5.74) is 0.424. The number of rotatable bonds is 8. The van der Waals surface area contributed by atoms with Crippen molar-refractivity contribution in [2.24, 2.45) is 22.2 Å². The van der Waals surface area contributed by atoms with E-state index in [1.54, 1.807) is 7.11 Å². The number of nitrogens with zero attached hydrogens (tertiary/aromatic N) is 1. The van der Waals surface area contributed by atoms with Crippen molar-refractivity contribution in [1.82, 2.24) is 10.6 Å². The molecule has 0 heterocycles. The molecule has 0 bridgehead atoms. The topological polar surface area (TPSA) is 45.7 Å². The van der Waals surface area contributed by atoms with Crippen LogP contribution >= 0.6 is 24.0 Å². The Labute approximate surface area is 166 Å². The Morgan fingerprint density at radius 2 is 1.88 bits per heavy atom. The first-order valence-electron chi connectivity index (χ1n) is 9.62. The predicted molar refractivity (Wildman–Crippen MR) is 113 cm³/mol. The van der Waals surface area contributed by atoms with E-state index in [0.717, 1.165) is 43.9 Å². The number of hydrogen-bond acceptors (Lipinski definition) is 2. The first-order chi connectivity index (χ1) is 11.1. The van der Waals surface area contributed by atoms with Crippen LogP contribution in [0.4, 0.5) is 0 Å². The van der Waals surface area contributed by atoms with Gasteiger partial charge in [0.15, 0.2) is 5.96 Å². The summed E-state index contributed by atoms with van der Waals surface area (Å²) in [6.07, 6.45) is 9.02. The average Bonchev–Trinajstić information content (AvgIpc) is 3.32. The van der Waals surface area contributed by atoms with Crippen molar-refractivity contribution in [3.63, 3.8) is 0 Å². The first kappa shape index (κ1) is 22.0. The van der Waals surface area contributed by atoms with Crippen molar-refractivity contribution in [2.75, 3.05) is 26.8 Å². The smallest absolute Gasteiger partial charge is 0.191 e. The zero-order chi connectivity index (χ0) is 16.7. The number of guanidine groups is 1. The minimum absolute atomic E-state index is 0. The molecular weight excluding hydrogens is 413 g/mol. The molecule has 2 saturated carbocycles. The van der Waals surface area contributed by atoms with Crippen molar-refractivity contribution >= 4 is 29.9 Å². The lowest BCUT2D eigenvalue weighted by Gasteiger charge is -2.32. The highest BCUT2D eigenvalue weighted by Crippen LogP contribution is 2.48. The summed E-state index contributed by atoms with van der Waals surface area (Å²) < 4.78 is 5.24. The Balaban J connectivity index is 0.00000288. The van der Waals surface area contributed by atoms with E-state index in [4.69, 9.17) is 9.73 Å². The molecule has 142 valence electrons. The molecule has 0 spiro atoms. The van der Waals surface area contributed by atoms with Gasteiger partial charge in [0.05, 0.1) is 0 Å². The van der Waals surface area contributed by atoms with Crippen molar-refractivity contribution in [3.05, 3.63) is 0 Å². The Kier molecular flexibility index (Phi) is 9.94. The van der Waals surface area contributed by atoms with Gasteiger partial charge in [0.2, 0.25) is 0 Å². The Morgan fingerprint density at radius 3 is 2.38 bits per heavy atom. The molecule has 2 aliphatic carbocycles. The van der Waals surface area contributed by atoms with Crippen LogP contribution in [0.3, 0.4) is 0 Å². The number of aliphatic imine (C=N–C) groups is 1. The standard InChI is InChI=1S/C19H37N3O.HI/c1-5-20-18(21-14-19(10-11-19)12-13-23-4)22-17-8-6-16(7-9-17)15(2)3;/h15-17H,5-14H2,1-4H3,(H2,20,21,22);1H. The fraction of sp³-hybridized carbons (Fsp3) is 0.947. The van der Waals surface area contributed by atoms with Gasteiger partial charge in [-0.05, 0) is 69.1 Å². The van der Waals surface area contributed by atoms with Crippen LogP contribution in [-0.4, -0.2) is 38.8 Å². The summed E-state index contributed by atoms with van der Waals surface area (Å²) in [7, 11) is 1.79. The quantitative estimate of drug-likeness (QED) is 0.331. The van der Waals surface area contributed by atoms with Gasteiger partial charge in [-0.1, -0.05) is 13.8 Å². The van der Waals surface area contributed by atoms with E-state index in [-0.39, 0.29) is 24.0 Å². The van der Waals surface area contributed by atoms with Gasteiger partial charge in [-0.15, -0.1) is 24.0 Å². The molecule has 2 fully saturated rings. The normalized spacial score (nSPS) is 26.0. The second kappa shape index (κ2) is 10.8. The van der Waals surface area contributed by atoms with Gasteiger partial charge in [-0.3, -0.25) is 4.99 Å². The number of methoxy groups -OCH3 is 1. The van der Waals surface area contributed by atoms with Crippen molar-refractivity contribution in [2.45, 2.75) is 71.8 Å². The Morgan fingerprint density at radius 1 is 1.21 bits per heavy atom. The molecule has 0 aromatic heterocycles. The van der Waals surface area contributed by atoms with Crippen LogP contribution in [0.2, 0.25) is 0 Å². The van der Waals surface area contributed by atoms with Gasteiger partial charge in [-0.2, -0.15) is 0 Å². The van der Waals surface area contributed by atoms with Crippen molar-refractivity contribution < 1.29 is 4.74 Å². The minimum Gasteiger partial charge on any atom is -0.385 e. The molecule has 2 rings (SSSR count). The SMILES string of the molecule is CCNC(=NCC1(CCOC)CC1)NC1CCC(C(C)C)CC1.I. The second-order valence-electron chi connectivity index (χ2n) is 7.94. The Hall–Kier alpha value is -0.0400. The molecule has 2 N–H and O–H groups in total. The summed E-state index contributed by atoms with van der Waals surface area (Å²) in [6, 6.07) is 0.594. The Bertz CT molecular complexity index is 375. The van der Waals surface area contributed by atoms with Gasteiger partial charge in [-0.25, -0.2) is 0 Å². The highest BCUT2D eigenvalue weighted by atomic mass is 127. The highest BCUT2D eigenvalue weighted by Gasteiger charge is 2.41. The monoisotopic (exact) mass is 451 g/mol. The second-order valence-corrected chi connectivity index (χ2v) is 7.94. The lowest BCUT2D eigenvalue weighted by atomic mass is 9.80. The van der Waals surface area contributed by atoms with Gasteiger partial charge >= 0.3 is 0 Å². The number of nitrogens with one attached hydrogen (secondary N) is 2. The molecule has 0 atom stereocenters. The van der Waals surface area contributed by atoms with E-state index in [1.165, 1.54) is 38.5 Å². The third-order valence-corrected chi connectivity index (χ3v) is 5.77. The van der Waals surface area contributed by atoms with Crippen molar-refractivity contribution in [3.8, 4) is 0 Å².